The molecule has 1 atom stereocenters. The summed E-state index contributed by atoms with van der Waals surface area (Å²) in [6, 6.07) is 6.69. The molecule has 1 fully saturated rings. The van der Waals surface area contributed by atoms with Crippen molar-refractivity contribution in [1.82, 2.24) is 4.90 Å². The van der Waals surface area contributed by atoms with Gasteiger partial charge in [-0.2, -0.15) is 0 Å². The molecule has 106 valence electrons. The van der Waals surface area contributed by atoms with E-state index in [9.17, 15) is 14.4 Å². The van der Waals surface area contributed by atoms with Gasteiger partial charge in [0.2, 0.25) is 0 Å². The molecule has 6 nitrogen and oxygen atoms in total. The van der Waals surface area contributed by atoms with Gasteiger partial charge < -0.3 is 14.9 Å². The van der Waals surface area contributed by atoms with Crippen LogP contribution in [0.4, 0.5) is 5.69 Å². The third-order valence-electron chi connectivity index (χ3n) is 3.51. The highest BCUT2D eigenvalue weighted by Crippen LogP contribution is 2.22. The highest BCUT2D eigenvalue weighted by atomic mass is 16.4. The maximum atomic E-state index is 11.9. The number of carbonyl (C=O) groups excluding carboxylic acids is 2. The summed E-state index contributed by atoms with van der Waals surface area (Å²) < 4.78 is 0. The number of carboxylic acids is 1. The number of likely N-dealkylation sites (N-methyl/N-ethyl adjacent to an activating group) is 1. The van der Waals surface area contributed by atoms with E-state index in [4.69, 9.17) is 5.11 Å². The van der Waals surface area contributed by atoms with Crippen LogP contribution in [0.25, 0.3) is 0 Å². The van der Waals surface area contributed by atoms with Crippen molar-refractivity contribution >= 4 is 23.5 Å². The molecule has 0 aromatic heterocycles. The zero-order valence-corrected chi connectivity index (χ0v) is 11.4. The molecular weight excluding hydrogens is 260 g/mol. The number of anilines is 1. The summed E-state index contributed by atoms with van der Waals surface area (Å²) in [7, 11) is 1.59. The second-order valence-electron chi connectivity index (χ2n) is 4.83. The molecule has 0 radical (unpaired) electrons. The maximum absolute atomic E-state index is 11.9. The molecule has 6 heteroatoms. The van der Waals surface area contributed by atoms with E-state index >= 15 is 0 Å². The number of hydrogen-bond donors (Lipinski definition) is 1. The third-order valence-corrected chi connectivity index (χ3v) is 3.51. The minimum absolute atomic E-state index is 0.439. The average molecular weight is 276 g/mol. The number of rotatable bonds is 3. The predicted molar refractivity (Wildman–Crippen MR) is 72.5 cm³/mol. The van der Waals surface area contributed by atoms with Gasteiger partial charge in [-0.25, -0.2) is 0 Å². The Balaban J connectivity index is 2.20. The van der Waals surface area contributed by atoms with Crippen LogP contribution in [-0.4, -0.2) is 47.9 Å². The Bertz CT molecular complexity index is 553. The van der Waals surface area contributed by atoms with Crippen LogP contribution in [0.15, 0.2) is 24.3 Å². The quantitative estimate of drug-likeness (QED) is 0.823. The standard InChI is InChI=1S/C14H16N2O4/c1-9(14(19)20)10-3-5-11(6-4-10)16-8-7-15(2)12(17)13(16)18/h3-6,9H,7-8H2,1-2H3,(H,19,20). The largest absolute Gasteiger partial charge is 0.481 e. The fourth-order valence-electron chi connectivity index (χ4n) is 2.06. The predicted octanol–water partition coefficient (Wildman–Crippen LogP) is 0.680. The Kier molecular flexibility index (Phi) is 3.74. The molecule has 1 heterocycles. The van der Waals surface area contributed by atoms with Gasteiger partial charge in [-0.3, -0.25) is 14.4 Å². The minimum atomic E-state index is -0.899. The van der Waals surface area contributed by atoms with Crippen molar-refractivity contribution in [2.75, 3.05) is 25.0 Å². The molecule has 2 amide bonds. The van der Waals surface area contributed by atoms with Crippen molar-refractivity contribution in [2.45, 2.75) is 12.8 Å². The molecule has 2 rings (SSSR count). The monoisotopic (exact) mass is 276 g/mol. The lowest BCUT2D eigenvalue weighted by Gasteiger charge is -2.31. The molecule has 1 N–H and O–H groups in total. The van der Waals surface area contributed by atoms with Gasteiger partial charge in [0.1, 0.15) is 0 Å². The fraction of sp³-hybridized carbons (Fsp3) is 0.357. The summed E-state index contributed by atoms with van der Waals surface area (Å²) in [6.07, 6.45) is 0. The highest BCUT2D eigenvalue weighted by Gasteiger charge is 2.31. The van der Waals surface area contributed by atoms with Gasteiger partial charge in [-0.15, -0.1) is 0 Å². The van der Waals surface area contributed by atoms with Crippen LogP contribution in [0, 0.1) is 0 Å². The maximum Gasteiger partial charge on any atom is 0.316 e. The van der Waals surface area contributed by atoms with E-state index in [1.54, 1.807) is 38.2 Å². The van der Waals surface area contributed by atoms with Gasteiger partial charge >= 0.3 is 17.8 Å². The summed E-state index contributed by atoms with van der Waals surface area (Å²) in [5, 5.41) is 8.94. The summed E-state index contributed by atoms with van der Waals surface area (Å²) in [6.45, 7) is 2.52. The van der Waals surface area contributed by atoms with Crippen LogP contribution in [0.1, 0.15) is 18.4 Å². The molecule has 0 saturated carbocycles. The number of benzene rings is 1. The first-order valence-corrected chi connectivity index (χ1v) is 6.31. The Morgan fingerprint density at radius 2 is 1.75 bits per heavy atom. The summed E-state index contributed by atoms with van der Waals surface area (Å²) >= 11 is 0. The molecule has 20 heavy (non-hydrogen) atoms. The first kappa shape index (κ1) is 14.0. The van der Waals surface area contributed by atoms with Crippen LogP contribution in [0.3, 0.4) is 0 Å². The highest BCUT2D eigenvalue weighted by molar-refractivity contribution is 6.40. The number of aliphatic carboxylic acids is 1. The molecule has 1 aliphatic heterocycles. The number of piperazine rings is 1. The van der Waals surface area contributed by atoms with E-state index in [1.165, 1.54) is 9.80 Å². The molecule has 1 aromatic rings. The molecule has 0 bridgehead atoms. The SMILES string of the molecule is CC(C(=O)O)c1ccc(N2CCN(C)C(=O)C2=O)cc1. The Hall–Kier alpha value is -2.37. The van der Waals surface area contributed by atoms with Gasteiger partial charge in [-0.05, 0) is 24.6 Å². The number of nitrogens with zero attached hydrogens (tertiary/aromatic N) is 2. The molecule has 1 unspecified atom stereocenters. The van der Waals surface area contributed by atoms with Crippen molar-refractivity contribution in [1.29, 1.82) is 0 Å². The van der Waals surface area contributed by atoms with E-state index in [-0.39, 0.29) is 0 Å². The Labute approximate surface area is 116 Å². The van der Waals surface area contributed by atoms with Crippen LogP contribution < -0.4 is 4.90 Å². The lowest BCUT2D eigenvalue weighted by atomic mass is 10.0. The zero-order chi connectivity index (χ0) is 14.9. The Morgan fingerprint density at radius 1 is 1.15 bits per heavy atom. The fourth-order valence-corrected chi connectivity index (χ4v) is 2.06. The topological polar surface area (TPSA) is 77.9 Å². The van der Waals surface area contributed by atoms with Crippen LogP contribution in [-0.2, 0) is 14.4 Å². The van der Waals surface area contributed by atoms with Crippen molar-refractivity contribution in [3.8, 4) is 0 Å². The van der Waals surface area contributed by atoms with Gasteiger partial charge in [0.15, 0.2) is 0 Å². The van der Waals surface area contributed by atoms with Gasteiger partial charge in [-0.1, -0.05) is 12.1 Å². The minimum Gasteiger partial charge on any atom is -0.481 e. The van der Waals surface area contributed by atoms with Crippen molar-refractivity contribution in [3.63, 3.8) is 0 Å². The van der Waals surface area contributed by atoms with Crippen molar-refractivity contribution in [2.24, 2.45) is 0 Å². The van der Waals surface area contributed by atoms with Gasteiger partial charge in [0.25, 0.3) is 0 Å². The van der Waals surface area contributed by atoms with Gasteiger partial charge in [0, 0.05) is 25.8 Å². The average Bonchev–Trinajstić information content (AvgIpc) is 2.44. The molecule has 1 saturated heterocycles. The van der Waals surface area contributed by atoms with Gasteiger partial charge in [0.05, 0.1) is 5.92 Å². The molecular formula is C14H16N2O4. The molecule has 1 aliphatic rings. The zero-order valence-electron chi connectivity index (χ0n) is 11.4. The normalized spacial score (nSPS) is 17.3. The second-order valence-corrected chi connectivity index (χ2v) is 4.83. The lowest BCUT2D eigenvalue weighted by molar-refractivity contribution is -0.145. The summed E-state index contributed by atoms with van der Waals surface area (Å²) in [5.74, 6) is -2.59. The van der Waals surface area contributed by atoms with E-state index < -0.39 is 23.7 Å². The number of carboxylic acid groups (broad SMARTS) is 1. The molecule has 0 aliphatic carbocycles. The van der Waals surface area contributed by atoms with Crippen LogP contribution >= 0.6 is 0 Å². The molecule has 0 spiro atoms. The Morgan fingerprint density at radius 3 is 2.30 bits per heavy atom. The van der Waals surface area contributed by atoms with E-state index in [2.05, 4.69) is 0 Å². The molecule has 1 aromatic carbocycles. The number of carbonyl (C=O) groups is 3. The van der Waals surface area contributed by atoms with E-state index in [0.717, 1.165) is 0 Å². The number of hydrogen-bond acceptors (Lipinski definition) is 3. The van der Waals surface area contributed by atoms with Crippen LogP contribution in [0.2, 0.25) is 0 Å². The van der Waals surface area contributed by atoms with Crippen LogP contribution in [0.5, 0.6) is 0 Å². The summed E-state index contributed by atoms with van der Waals surface area (Å²) in [4.78, 5) is 37.2. The van der Waals surface area contributed by atoms with Crippen molar-refractivity contribution in [3.05, 3.63) is 29.8 Å². The number of amides is 2. The van der Waals surface area contributed by atoms with E-state index in [1.807, 2.05) is 0 Å². The van der Waals surface area contributed by atoms with E-state index in [0.29, 0.717) is 24.3 Å². The first-order valence-electron chi connectivity index (χ1n) is 6.31. The third kappa shape index (κ3) is 2.49. The second kappa shape index (κ2) is 5.32. The first-order chi connectivity index (χ1) is 9.41. The lowest BCUT2D eigenvalue weighted by Crippen LogP contribution is -2.53. The smallest absolute Gasteiger partial charge is 0.316 e. The summed E-state index contributed by atoms with van der Waals surface area (Å²) in [5.41, 5.74) is 1.27. The van der Waals surface area contributed by atoms with Crippen molar-refractivity contribution < 1.29 is 19.5 Å².